The van der Waals surface area contributed by atoms with Gasteiger partial charge in [-0.3, -0.25) is 4.79 Å². The van der Waals surface area contributed by atoms with Crippen molar-refractivity contribution in [3.63, 3.8) is 0 Å². The Balaban J connectivity index is 1.51. The van der Waals surface area contributed by atoms with E-state index in [0.29, 0.717) is 11.4 Å². The molecule has 2 heterocycles. The highest BCUT2D eigenvalue weighted by molar-refractivity contribution is 5.94. The van der Waals surface area contributed by atoms with Crippen molar-refractivity contribution in [1.29, 1.82) is 0 Å². The Kier molecular flexibility index (Phi) is 3.84. The van der Waals surface area contributed by atoms with Crippen LogP contribution in [-0.2, 0) is 6.42 Å². The highest BCUT2D eigenvalue weighted by Crippen LogP contribution is 2.30. The van der Waals surface area contributed by atoms with Crippen LogP contribution in [0.1, 0.15) is 45.3 Å². The number of aryl methyl sites for hydroxylation is 3. The number of amides is 1. The fourth-order valence-electron chi connectivity index (χ4n) is 3.46. The van der Waals surface area contributed by atoms with E-state index < -0.39 is 0 Å². The monoisotopic (exact) mass is 332 g/mol. The zero-order chi connectivity index (χ0) is 17.4. The Morgan fingerprint density at radius 2 is 2.04 bits per heavy atom. The van der Waals surface area contributed by atoms with Gasteiger partial charge in [0.05, 0.1) is 17.3 Å². The zero-order valence-corrected chi connectivity index (χ0v) is 14.4. The van der Waals surface area contributed by atoms with Gasteiger partial charge in [0.15, 0.2) is 5.82 Å². The average Bonchev–Trinajstić information content (AvgIpc) is 3.18. The van der Waals surface area contributed by atoms with E-state index in [-0.39, 0.29) is 11.9 Å². The second kappa shape index (κ2) is 6.16. The van der Waals surface area contributed by atoms with E-state index in [4.69, 9.17) is 0 Å². The number of carbonyl (C=O) groups excluding carboxylic acids is 1. The normalized spacial score (nSPS) is 15.8. The molecule has 1 aromatic carbocycles. The molecular formula is C20H20N4O. The third kappa shape index (κ3) is 2.93. The van der Waals surface area contributed by atoms with Crippen molar-refractivity contribution in [2.45, 2.75) is 32.7 Å². The summed E-state index contributed by atoms with van der Waals surface area (Å²) in [7, 11) is 0. The topological polar surface area (TPSA) is 59.8 Å². The first-order valence-corrected chi connectivity index (χ1v) is 8.50. The van der Waals surface area contributed by atoms with Gasteiger partial charge >= 0.3 is 0 Å². The van der Waals surface area contributed by atoms with Gasteiger partial charge < -0.3 is 5.32 Å². The molecule has 1 aliphatic carbocycles. The van der Waals surface area contributed by atoms with Crippen molar-refractivity contribution >= 4 is 5.91 Å². The average molecular weight is 332 g/mol. The third-order valence-electron chi connectivity index (χ3n) is 4.67. The second-order valence-corrected chi connectivity index (χ2v) is 6.51. The van der Waals surface area contributed by atoms with Crippen molar-refractivity contribution in [2.24, 2.45) is 0 Å². The van der Waals surface area contributed by atoms with E-state index >= 15 is 0 Å². The van der Waals surface area contributed by atoms with Crippen LogP contribution in [0.4, 0.5) is 0 Å². The van der Waals surface area contributed by atoms with Crippen LogP contribution in [-0.4, -0.2) is 20.7 Å². The zero-order valence-electron chi connectivity index (χ0n) is 14.4. The molecule has 0 unspecified atom stereocenters. The molecule has 1 atom stereocenters. The molecule has 0 fully saturated rings. The lowest BCUT2D eigenvalue weighted by Crippen LogP contribution is -2.27. The van der Waals surface area contributed by atoms with Crippen LogP contribution in [0, 0.1) is 13.8 Å². The number of benzene rings is 1. The summed E-state index contributed by atoms with van der Waals surface area (Å²) in [6, 6.07) is 14.0. The molecule has 0 saturated carbocycles. The van der Waals surface area contributed by atoms with Crippen molar-refractivity contribution < 1.29 is 4.79 Å². The summed E-state index contributed by atoms with van der Waals surface area (Å²) in [5.74, 6) is 0.627. The van der Waals surface area contributed by atoms with E-state index in [1.807, 2.05) is 38.1 Å². The van der Waals surface area contributed by atoms with Gasteiger partial charge in [-0.15, -0.1) is 0 Å². The Labute approximate surface area is 146 Å². The van der Waals surface area contributed by atoms with Crippen LogP contribution in [0.15, 0.2) is 48.7 Å². The maximum absolute atomic E-state index is 12.6. The molecule has 0 bridgehead atoms. The van der Waals surface area contributed by atoms with Crippen LogP contribution >= 0.6 is 0 Å². The lowest BCUT2D eigenvalue weighted by atomic mass is 10.1. The van der Waals surface area contributed by atoms with Gasteiger partial charge in [-0.05, 0) is 56.0 Å². The molecule has 1 amide bonds. The van der Waals surface area contributed by atoms with Gasteiger partial charge in [-0.25, -0.2) is 9.67 Å². The number of nitrogens with zero attached hydrogens (tertiary/aromatic N) is 3. The van der Waals surface area contributed by atoms with Crippen LogP contribution in [0.2, 0.25) is 0 Å². The predicted octanol–water partition coefficient (Wildman–Crippen LogP) is 3.30. The molecule has 2 aromatic heterocycles. The predicted molar refractivity (Wildman–Crippen MR) is 95.8 cm³/mol. The largest absolute Gasteiger partial charge is 0.345 e. The first kappa shape index (κ1) is 15.6. The Morgan fingerprint density at radius 3 is 2.76 bits per heavy atom. The molecule has 0 spiro atoms. The molecule has 1 N–H and O–H groups in total. The number of hydrogen-bond donors (Lipinski definition) is 1. The molecular weight excluding hydrogens is 312 g/mol. The molecule has 0 radical (unpaired) electrons. The fourth-order valence-corrected chi connectivity index (χ4v) is 3.46. The smallest absolute Gasteiger partial charge is 0.253 e. The number of carbonyl (C=O) groups is 1. The molecule has 5 nitrogen and oxygen atoms in total. The SMILES string of the molecule is Cc1cc(C)n(-c2ccc(C(=O)N[C@@H]3CCc4ccccc43)cn2)n1. The maximum Gasteiger partial charge on any atom is 0.253 e. The molecule has 4 rings (SSSR count). The minimum atomic E-state index is -0.0888. The van der Waals surface area contributed by atoms with E-state index in [2.05, 4.69) is 27.5 Å². The van der Waals surface area contributed by atoms with Gasteiger partial charge in [0.1, 0.15) is 0 Å². The summed E-state index contributed by atoms with van der Waals surface area (Å²) in [6.45, 7) is 3.94. The summed E-state index contributed by atoms with van der Waals surface area (Å²) in [5.41, 5.74) is 5.08. The standard InChI is InChI=1S/C20H20N4O/c1-13-11-14(2)24(23-13)19-10-8-16(12-21-19)20(25)22-18-9-7-15-5-3-4-6-17(15)18/h3-6,8,10-12,18H,7,9H2,1-2H3,(H,22,25)/t18-/m1/s1. The van der Waals surface area contributed by atoms with Gasteiger partial charge in [-0.2, -0.15) is 5.10 Å². The number of rotatable bonds is 3. The summed E-state index contributed by atoms with van der Waals surface area (Å²) in [5, 5.41) is 7.54. The van der Waals surface area contributed by atoms with Crippen molar-refractivity contribution in [3.05, 3.63) is 76.7 Å². The quantitative estimate of drug-likeness (QED) is 0.800. The summed E-state index contributed by atoms with van der Waals surface area (Å²) >= 11 is 0. The van der Waals surface area contributed by atoms with E-state index in [1.54, 1.807) is 16.9 Å². The molecule has 3 aromatic rings. The number of hydrogen-bond acceptors (Lipinski definition) is 3. The van der Waals surface area contributed by atoms with Gasteiger partial charge in [-0.1, -0.05) is 24.3 Å². The second-order valence-electron chi connectivity index (χ2n) is 6.51. The fraction of sp³-hybridized carbons (Fsp3) is 0.250. The number of fused-ring (bicyclic) bond motifs is 1. The molecule has 1 aliphatic rings. The summed E-state index contributed by atoms with van der Waals surface area (Å²) in [6.07, 6.45) is 3.57. The van der Waals surface area contributed by atoms with Crippen LogP contribution in [0.5, 0.6) is 0 Å². The number of pyridine rings is 1. The van der Waals surface area contributed by atoms with Crippen LogP contribution in [0.25, 0.3) is 5.82 Å². The Hall–Kier alpha value is -2.95. The first-order chi connectivity index (χ1) is 12.1. The van der Waals surface area contributed by atoms with Gasteiger partial charge in [0.25, 0.3) is 5.91 Å². The minimum Gasteiger partial charge on any atom is -0.345 e. The van der Waals surface area contributed by atoms with E-state index in [0.717, 1.165) is 24.2 Å². The number of aromatic nitrogens is 3. The Morgan fingerprint density at radius 1 is 1.20 bits per heavy atom. The first-order valence-electron chi connectivity index (χ1n) is 8.50. The summed E-state index contributed by atoms with van der Waals surface area (Å²) in [4.78, 5) is 17.0. The molecule has 5 heteroatoms. The molecule has 0 aliphatic heterocycles. The van der Waals surface area contributed by atoms with Crippen molar-refractivity contribution in [1.82, 2.24) is 20.1 Å². The molecule has 0 saturated heterocycles. The highest BCUT2D eigenvalue weighted by atomic mass is 16.1. The number of nitrogens with one attached hydrogen (secondary N) is 1. The molecule has 126 valence electrons. The van der Waals surface area contributed by atoms with Gasteiger partial charge in [0, 0.05) is 11.9 Å². The van der Waals surface area contributed by atoms with E-state index in [1.165, 1.54) is 11.1 Å². The van der Waals surface area contributed by atoms with Gasteiger partial charge in [0.2, 0.25) is 0 Å². The summed E-state index contributed by atoms with van der Waals surface area (Å²) < 4.78 is 1.78. The third-order valence-corrected chi connectivity index (χ3v) is 4.67. The van der Waals surface area contributed by atoms with Crippen molar-refractivity contribution in [2.75, 3.05) is 0 Å². The van der Waals surface area contributed by atoms with Crippen molar-refractivity contribution in [3.8, 4) is 5.82 Å². The van der Waals surface area contributed by atoms with Crippen LogP contribution in [0.3, 0.4) is 0 Å². The Bertz CT molecular complexity index is 927. The highest BCUT2D eigenvalue weighted by Gasteiger charge is 2.23. The molecule has 25 heavy (non-hydrogen) atoms. The lowest BCUT2D eigenvalue weighted by Gasteiger charge is -2.14. The van der Waals surface area contributed by atoms with E-state index in [9.17, 15) is 4.79 Å². The maximum atomic E-state index is 12.6. The van der Waals surface area contributed by atoms with Crippen LogP contribution < -0.4 is 5.32 Å². The minimum absolute atomic E-state index is 0.0828. The lowest BCUT2D eigenvalue weighted by molar-refractivity contribution is 0.0936.